The number of amides is 3. The summed E-state index contributed by atoms with van der Waals surface area (Å²) in [5, 5.41) is 9.39. The molecule has 0 radical (unpaired) electrons. The van der Waals surface area contributed by atoms with E-state index in [0.717, 1.165) is 11.4 Å². The Labute approximate surface area is 222 Å². The van der Waals surface area contributed by atoms with Crippen molar-refractivity contribution in [2.45, 2.75) is 20.8 Å². The van der Waals surface area contributed by atoms with Crippen molar-refractivity contribution >= 4 is 29.3 Å². The molecule has 2 N–H and O–H groups in total. The van der Waals surface area contributed by atoms with Crippen LogP contribution in [0.2, 0.25) is 0 Å². The van der Waals surface area contributed by atoms with E-state index in [1.807, 2.05) is 68.2 Å². The topological polar surface area (TPSA) is 103 Å². The molecule has 1 aromatic carbocycles. The Morgan fingerprint density at radius 1 is 0.974 bits per heavy atom. The number of hydrazine groups is 1. The van der Waals surface area contributed by atoms with E-state index in [9.17, 15) is 9.59 Å². The lowest BCUT2D eigenvalue weighted by Crippen LogP contribution is -2.34. The van der Waals surface area contributed by atoms with Crippen molar-refractivity contribution in [3.63, 3.8) is 0 Å². The summed E-state index contributed by atoms with van der Waals surface area (Å²) in [7, 11) is 1.89. The zero-order chi connectivity index (χ0) is 27.2. The Bertz CT molecular complexity index is 1350. The number of pyridine rings is 2. The molecule has 0 unspecified atom stereocenters. The molecule has 0 saturated carbocycles. The Kier molecular flexibility index (Phi) is 7.91. The van der Waals surface area contributed by atoms with Crippen LogP contribution in [0.5, 0.6) is 11.5 Å². The average Bonchev–Trinajstić information content (AvgIpc) is 3.14. The number of anilines is 3. The molecule has 0 aliphatic carbocycles. The molecule has 1 aliphatic heterocycles. The molecule has 3 heterocycles. The van der Waals surface area contributed by atoms with Gasteiger partial charge in [-0.2, -0.15) is 0 Å². The molecule has 4 rings (SSSR count). The molecular formula is C28H31N7O3. The molecule has 196 valence electrons. The van der Waals surface area contributed by atoms with Gasteiger partial charge in [-0.15, -0.1) is 0 Å². The minimum Gasteiger partial charge on any atom is -0.456 e. The maximum Gasteiger partial charge on any atom is 0.322 e. The highest BCUT2D eigenvalue weighted by Gasteiger charge is 2.33. The number of benzene rings is 1. The maximum atomic E-state index is 13.2. The summed E-state index contributed by atoms with van der Waals surface area (Å²) in [6, 6.07) is 16.2. The summed E-state index contributed by atoms with van der Waals surface area (Å²) in [5.41, 5.74) is 2.75. The average molecular weight is 514 g/mol. The van der Waals surface area contributed by atoms with E-state index in [2.05, 4.69) is 27.2 Å². The van der Waals surface area contributed by atoms with Crippen LogP contribution in [0, 0.1) is 0 Å². The van der Waals surface area contributed by atoms with Crippen molar-refractivity contribution < 1.29 is 14.3 Å². The molecule has 2 aromatic heterocycles. The van der Waals surface area contributed by atoms with Gasteiger partial charge in [0.25, 0.3) is 5.91 Å². The summed E-state index contributed by atoms with van der Waals surface area (Å²) in [5.74, 6) is 1.40. The van der Waals surface area contributed by atoms with Gasteiger partial charge >= 0.3 is 6.03 Å². The van der Waals surface area contributed by atoms with Crippen molar-refractivity contribution in [3.8, 4) is 11.5 Å². The molecule has 38 heavy (non-hydrogen) atoms. The minimum absolute atomic E-state index is 0.227. The second-order valence-electron chi connectivity index (χ2n) is 8.49. The largest absolute Gasteiger partial charge is 0.456 e. The van der Waals surface area contributed by atoms with Gasteiger partial charge in [-0.1, -0.05) is 24.8 Å². The number of hydrogen-bond acceptors (Lipinski definition) is 7. The van der Waals surface area contributed by atoms with Crippen LogP contribution < -0.4 is 20.4 Å². The smallest absolute Gasteiger partial charge is 0.322 e. The lowest BCUT2D eigenvalue weighted by atomic mass is 10.1. The quantitative estimate of drug-likeness (QED) is 0.425. The molecule has 0 saturated heterocycles. The highest BCUT2D eigenvalue weighted by molar-refractivity contribution is 6.08. The normalized spacial score (nSPS) is 13.0. The molecule has 3 aromatic rings. The molecule has 0 bridgehead atoms. The maximum absolute atomic E-state index is 13.2. The zero-order valence-electron chi connectivity index (χ0n) is 21.9. The van der Waals surface area contributed by atoms with Crippen molar-refractivity contribution in [3.05, 3.63) is 90.5 Å². The van der Waals surface area contributed by atoms with E-state index in [0.29, 0.717) is 47.5 Å². The summed E-state index contributed by atoms with van der Waals surface area (Å²) >= 11 is 0. The summed E-state index contributed by atoms with van der Waals surface area (Å²) in [6.45, 7) is 11.0. The number of carbonyl (C=O) groups is 2. The van der Waals surface area contributed by atoms with Crippen molar-refractivity contribution in [1.82, 2.24) is 19.9 Å². The molecule has 1 aliphatic rings. The fraction of sp³-hybridized carbons (Fsp3) is 0.214. The molecule has 10 nitrogen and oxygen atoms in total. The van der Waals surface area contributed by atoms with Gasteiger partial charge in [-0.3, -0.25) is 20.1 Å². The zero-order valence-corrected chi connectivity index (χ0v) is 21.9. The Morgan fingerprint density at radius 2 is 1.71 bits per heavy atom. The van der Waals surface area contributed by atoms with Crippen molar-refractivity contribution in [2.24, 2.45) is 0 Å². The summed E-state index contributed by atoms with van der Waals surface area (Å²) in [6.07, 6.45) is 3.06. The van der Waals surface area contributed by atoms with Crippen LogP contribution in [-0.2, 0) is 4.79 Å². The predicted molar refractivity (Wildman–Crippen MR) is 148 cm³/mol. The van der Waals surface area contributed by atoms with Crippen LogP contribution in [0.15, 0.2) is 90.5 Å². The molecule has 0 fully saturated rings. The number of aromatic nitrogens is 2. The van der Waals surface area contributed by atoms with Crippen molar-refractivity contribution in [1.29, 1.82) is 0 Å². The van der Waals surface area contributed by atoms with E-state index < -0.39 is 0 Å². The Hall–Kier alpha value is -4.86. The van der Waals surface area contributed by atoms with Gasteiger partial charge in [0.15, 0.2) is 0 Å². The van der Waals surface area contributed by atoms with Gasteiger partial charge in [0.1, 0.15) is 23.1 Å². The second-order valence-corrected chi connectivity index (χ2v) is 8.49. The second kappa shape index (κ2) is 11.5. The first kappa shape index (κ1) is 26.2. The molecule has 10 heteroatoms. The van der Waals surface area contributed by atoms with Gasteiger partial charge in [-0.05, 0) is 51.1 Å². The predicted octanol–water partition coefficient (Wildman–Crippen LogP) is 5.24. The number of carbonyl (C=O) groups excluding carboxylic acids is 2. The Balaban J connectivity index is 1.40. The molecule has 0 spiro atoms. The van der Waals surface area contributed by atoms with E-state index >= 15 is 0 Å². The van der Waals surface area contributed by atoms with E-state index in [4.69, 9.17) is 4.74 Å². The van der Waals surface area contributed by atoms with Gasteiger partial charge in [0, 0.05) is 38.1 Å². The number of urea groups is 1. The van der Waals surface area contributed by atoms with E-state index in [1.54, 1.807) is 35.4 Å². The number of para-hydroxylation sites is 1. The Morgan fingerprint density at radius 3 is 2.37 bits per heavy atom. The van der Waals surface area contributed by atoms with Crippen molar-refractivity contribution in [2.75, 3.05) is 35.8 Å². The summed E-state index contributed by atoms with van der Waals surface area (Å²) in [4.78, 5) is 35.6. The van der Waals surface area contributed by atoms with Crippen LogP contribution in [0.4, 0.5) is 22.1 Å². The van der Waals surface area contributed by atoms with E-state index in [1.165, 1.54) is 6.20 Å². The standard InChI is InChI=1S/C28H31N7O3/c1-6-34(7-2)28(37)32-25-17-22(15-16-29-25)38-23-13-14-24(30-18-23)31-27(36)26-19(3)33(5)35(20(26)4)21-11-9-8-10-12-21/h8-18H,4,6-7H2,1-3,5H3,(H,29,32,37)(H,30,31,36). The number of nitrogens with one attached hydrogen (secondary N) is 2. The lowest BCUT2D eigenvalue weighted by molar-refractivity contribution is -0.112. The highest BCUT2D eigenvalue weighted by atomic mass is 16.5. The van der Waals surface area contributed by atoms with Crippen LogP contribution in [0.25, 0.3) is 0 Å². The third-order valence-electron chi connectivity index (χ3n) is 6.15. The number of ether oxygens (including phenoxy) is 1. The van der Waals surface area contributed by atoms with Crippen LogP contribution in [-0.4, -0.2) is 52.0 Å². The third-order valence-corrected chi connectivity index (χ3v) is 6.15. The first-order valence-electron chi connectivity index (χ1n) is 12.3. The van der Waals surface area contributed by atoms with Gasteiger partial charge in [0.05, 0.1) is 23.2 Å². The van der Waals surface area contributed by atoms with Gasteiger partial charge < -0.3 is 15.0 Å². The molecular weight excluding hydrogens is 482 g/mol. The number of rotatable bonds is 8. The van der Waals surface area contributed by atoms with Gasteiger partial charge in [-0.25, -0.2) is 14.8 Å². The first-order chi connectivity index (χ1) is 18.3. The molecule has 0 atom stereocenters. The van der Waals surface area contributed by atoms with Crippen LogP contribution in [0.3, 0.4) is 0 Å². The fourth-order valence-corrected chi connectivity index (χ4v) is 4.07. The van der Waals surface area contributed by atoms with Crippen LogP contribution in [0.1, 0.15) is 20.8 Å². The van der Waals surface area contributed by atoms with E-state index in [-0.39, 0.29) is 11.9 Å². The number of allylic oxidation sites excluding steroid dienone is 1. The third kappa shape index (κ3) is 5.59. The monoisotopic (exact) mass is 513 g/mol. The highest BCUT2D eigenvalue weighted by Crippen LogP contribution is 2.35. The SMILES string of the molecule is C=C1C(C(=O)Nc2ccc(Oc3ccnc(NC(=O)N(CC)CC)c3)cn2)=C(C)N(C)N1c1ccccc1. The summed E-state index contributed by atoms with van der Waals surface area (Å²) < 4.78 is 5.87. The van der Waals surface area contributed by atoms with Gasteiger partial charge in [0.2, 0.25) is 0 Å². The van der Waals surface area contributed by atoms with Crippen LogP contribution >= 0.6 is 0 Å². The first-order valence-corrected chi connectivity index (χ1v) is 12.3. The lowest BCUT2D eigenvalue weighted by Gasteiger charge is -2.29. The molecule has 3 amide bonds. The number of nitrogens with zero attached hydrogens (tertiary/aromatic N) is 5. The number of hydrogen-bond donors (Lipinski definition) is 2. The minimum atomic E-state index is -0.304. The fourth-order valence-electron chi connectivity index (χ4n) is 4.07.